The van der Waals surface area contributed by atoms with Gasteiger partial charge in [0.05, 0.1) is 0 Å². The molecule has 1 fully saturated rings. The first kappa shape index (κ1) is 14.9. The molecular weight excluding hydrogens is 212 g/mol. The average Bonchev–Trinajstić information content (AvgIpc) is 2.39. The maximum Gasteiger partial charge on any atom is 0.0480 e. The Morgan fingerprint density at radius 2 is 1.82 bits per heavy atom. The van der Waals surface area contributed by atoms with Crippen molar-refractivity contribution in [2.75, 3.05) is 40.4 Å². The Labute approximate surface area is 107 Å². The number of rotatable bonds is 7. The molecule has 3 heteroatoms. The van der Waals surface area contributed by atoms with Crippen LogP contribution in [0.15, 0.2) is 0 Å². The minimum absolute atomic E-state index is 0.432. The topological polar surface area (TPSA) is 24.5 Å². The summed E-state index contributed by atoms with van der Waals surface area (Å²) in [6.07, 6.45) is 4.88. The lowest BCUT2D eigenvalue weighted by Crippen LogP contribution is -2.46. The van der Waals surface area contributed by atoms with Crippen LogP contribution in [0.2, 0.25) is 0 Å². The SMILES string of the molecule is CCC(CC)(CNC)CN(C)C1CCOCC1. The summed E-state index contributed by atoms with van der Waals surface area (Å²) in [7, 11) is 4.35. The van der Waals surface area contributed by atoms with Crippen LogP contribution < -0.4 is 5.32 Å². The van der Waals surface area contributed by atoms with E-state index in [1.54, 1.807) is 0 Å². The van der Waals surface area contributed by atoms with Gasteiger partial charge in [-0.25, -0.2) is 0 Å². The van der Waals surface area contributed by atoms with Gasteiger partial charge in [-0.15, -0.1) is 0 Å². The zero-order valence-electron chi connectivity index (χ0n) is 12.1. The largest absolute Gasteiger partial charge is 0.381 e. The van der Waals surface area contributed by atoms with Gasteiger partial charge in [0.25, 0.3) is 0 Å². The van der Waals surface area contributed by atoms with E-state index in [-0.39, 0.29) is 0 Å². The van der Waals surface area contributed by atoms with E-state index in [0.717, 1.165) is 25.8 Å². The molecule has 102 valence electrons. The lowest BCUT2D eigenvalue weighted by atomic mass is 9.81. The van der Waals surface area contributed by atoms with Gasteiger partial charge in [-0.2, -0.15) is 0 Å². The summed E-state index contributed by atoms with van der Waals surface area (Å²) in [6.45, 7) is 8.83. The molecule has 0 bridgehead atoms. The summed E-state index contributed by atoms with van der Waals surface area (Å²) >= 11 is 0. The Morgan fingerprint density at radius 3 is 2.29 bits per heavy atom. The maximum atomic E-state index is 5.44. The van der Waals surface area contributed by atoms with Crippen LogP contribution in [0.5, 0.6) is 0 Å². The van der Waals surface area contributed by atoms with Gasteiger partial charge in [0.15, 0.2) is 0 Å². The van der Waals surface area contributed by atoms with Gasteiger partial charge in [0.2, 0.25) is 0 Å². The summed E-state index contributed by atoms with van der Waals surface area (Å²) in [5, 5.41) is 3.37. The van der Waals surface area contributed by atoms with Crippen molar-refractivity contribution in [1.82, 2.24) is 10.2 Å². The lowest BCUT2D eigenvalue weighted by Gasteiger charge is -2.40. The highest BCUT2D eigenvalue weighted by molar-refractivity contribution is 4.84. The van der Waals surface area contributed by atoms with Gasteiger partial charge in [-0.1, -0.05) is 13.8 Å². The Hall–Kier alpha value is -0.120. The van der Waals surface area contributed by atoms with Crippen LogP contribution in [0.1, 0.15) is 39.5 Å². The number of nitrogens with zero attached hydrogens (tertiary/aromatic N) is 1. The molecule has 1 heterocycles. The molecular formula is C14H30N2O. The molecule has 1 N–H and O–H groups in total. The second kappa shape index (κ2) is 7.34. The molecule has 17 heavy (non-hydrogen) atoms. The fourth-order valence-corrected chi connectivity index (χ4v) is 2.94. The average molecular weight is 242 g/mol. The summed E-state index contributed by atoms with van der Waals surface area (Å²) in [5.74, 6) is 0. The Kier molecular flexibility index (Phi) is 6.45. The van der Waals surface area contributed by atoms with E-state index in [2.05, 4.69) is 38.2 Å². The van der Waals surface area contributed by atoms with Crippen molar-refractivity contribution in [1.29, 1.82) is 0 Å². The molecule has 0 aromatic rings. The molecule has 1 saturated heterocycles. The standard InChI is InChI=1S/C14H30N2O/c1-5-14(6-2,11-15-3)12-16(4)13-7-9-17-10-8-13/h13,15H,5-12H2,1-4H3. The molecule has 1 rings (SSSR count). The molecule has 1 aliphatic heterocycles. The van der Waals surface area contributed by atoms with Crippen molar-refractivity contribution < 1.29 is 4.74 Å². The van der Waals surface area contributed by atoms with E-state index >= 15 is 0 Å². The minimum Gasteiger partial charge on any atom is -0.381 e. The van der Waals surface area contributed by atoms with Gasteiger partial charge in [0.1, 0.15) is 0 Å². The van der Waals surface area contributed by atoms with E-state index in [4.69, 9.17) is 4.74 Å². The summed E-state index contributed by atoms with van der Waals surface area (Å²) < 4.78 is 5.44. The zero-order valence-corrected chi connectivity index (χ0v) is 12.1. The molecule has 3 nitrogen and oxygen atoms in total. The molecule has 0 aliphatic carbocycles. The highest BCUT2D eigenvalue weighted by Gasteiger charge is 2.29. The highest BCUT2D eigenvalue weighted by Crippen LogP contribution is 2.28. The minimum atomic E-state index is 0.432. The summed E-state index contributed by atoms with van der Waals surface area (Å²) in [6, 6.07) is 0.720. The predicted molar refractivity (Wildman–Crippen MR) is 73.4 cm³/mol. The molecule has 1 aliphatic rings. The van der Waals surface area contributed by atoms with E-state index in [0.29, 0.717) is 5.41 Å². The van der Waals surface area contributed by atoms with Crippen LogP contribution in [0, 0.1) is 5.41 Å². The number of hydrogen-bond acceptors (Lipinski definition) is 3. The monoisotopic (exact) mass is 242 g/mol. The van der Waals surface area contributed by atoms with Crippen LogP contribution >= 0.6 is 0 Å². The van der Waals surface area contributed by atoms with Gasteiger partial charge >= 0.3 is 0 Å². The fraction of sp³-hybridized carbons (Fsp3) is 1.00. The van der Waals surface area contributed by atoms with E-state index in [1.807, 2.05) is 0 Å². The third-order valence-electron chi connectivity index (χ3n) is 4.45. The lowest BCUT2D eigenvalue weighted by molar-refractivity contribution is 0.0256. The van der Waals surface area contributed by atoms with Crippen LogP contribution in [-0.2, 0) is 4.74 Å². The third-order valence-corrected chi connectivity index (χ3v) is 4.45. The van der Waals surface area contributed by atoms with Crippen molar-refractivity contribution in [3.8, 4) is 0 Å². The van der Waals surface area contributed by atoms with Crippen LogP contribution in [0.3, 0.4) is 0 Å². The fourth-order valence-electron chi connectivity index (χ4n) is 2.94. The summed E-state index contributed by atoms with van der Waals surface area (Å²) in [4.78, 5) is 2.56. The Morgan fingerprint density at radius 1 is 1.24 bits per heavy atom. The van der Waals surface area contributed by atoms with Crippen molar-refractivity contribution >= 4 is 0 Å². The van der Waals surface area contributed by atoms with E-state index < -0.39 is 0 Å². The summed E-state index contributed by atoms with van der Waals surface area (Å²) in [5.41, 5.74) is 0.432. The van der Waals surface area contributed by atoms with Gasteiger partial charge < -0.3 is 15.0 Å². The second-order valence-electron chi connectivity index (χ2n) is 5.50. The maximum absolute atomic E-state index is 5.44. The van der Waals surface area contributed by atoms with Crippen molar-refractivity contribution in [2.24, 2.45) is 5.41 Å². The van der Waals surface area contributed by atoms with Gasteiger partial charge in [0, 0.05) is 32.3 Å². The first-order valence-corrected chi connectivity index (χ1v) is 7.10. The van der Waals surface area contributed by atoms with Crippen molar-refractivity contribution in [3.05, 3.63) is 0 Å². The number of hydrogen-bond donors (Lipinski definition) is 1. The molecule has 0 unspecified atom stereocenters. The van der Waals surface area contributed by atoms with Gasteiger partial charge in [-0.05, 0) is 45.2 Å². The van der Waals surface area contributed by atoms with Crippen molar-refractivity contribution in [3.63, 3.8) is 0 Å². The highest BCUT2D eigenvalue weighted by atomic mass is 16.5. The van der Waals surface area contributed by atoms with Crippen LogP contribution in [-0.4, -0.2) is 51.3 Å². The van der Waals surface area contributed by atoms with E-state index in [1.165, 1.54) is 32.2 Å². The van der Waals surface area contributed by atoms with Crippen LogP contribution in [0.4, 0.5) is 0 Å². The molecule has 0 radical (unpaired) electrons. The van der Waals surface area contributed by atoms with Gasteiger partial charge in [-0.3, -0.25) is 0 Å². The molecule has 0 aromatic carbocycles. The normalized spacial score (nSPS) is 18.9. The predicted octanol–water partition coefficient (Wildman–Crippen LogP) is 2.12. The molecule has 0 saturated carbocycles. The van der Waals surface area contributed by atoms with E-state index in [9.17, 15) is 0 Å². The Bertz CT molecular complexity index is 198. The smallest absolute Gasteiger partial charge is 0.0480 e. The molecule has 0 amide bonds. The number of ether oxygens (including phenoxy) is 1. The van der Waals surface area contributed by atoms with Crippen molar-refractivity contribution in [2.45, 2.75) is 45.6 Å². The third kappa shape index (κ3) is 4.23. The first-order chi connectivity index (χ1) is 8.17. The van der Waals surface area contributed by atoms with Crippen LogP contribution in [0.25, 0.3) is 0 Å². The molecule has 0 spiro atoms. The molecule has 0 aromatic heterocycles. The zero-order chi connectivity index (χ0) is 12.7. The quantitative estimate of drug-likeness (QED) is 0.740. The Balaban J connectivity index is 2.52. The number of nitrogens with one attached hydrogen (secondary N) is 1. The first-order valence-electron chi connectivity index (χ1n) is 7.10. The molecule has 0 atom stereocenters. The second-order valence-corrected chi connectivity index (χ2v) is 5.50.